The summed E-state index contributed by atoms with van der Waals surface area (Å²) < 4.78 is 0. The van der Waals surface area contributed by atoms with E-state index in [0.29, 0.717) is 21.5 Å². The molecule has 1 aromatic rings. The second-order valence-corrected chi connectivity index (χ2v) is 8.05. The zero-order valence-corrected chi connectivity index (χ0v) is 14.2. The summed E-state index contributed by atoms with van der Waals surface area (Å²) in [6.45, 7) is 6.97. The molecule has 0 heterocycles. The molecule has 3 atom stereocenters. The van der Waals surface area contributed by atoms with Gasteiger partial charge in [0, 0.05) is 6.04 Å². The Kier molecular flexibility index (Phi) is 3.53. The maximum absolute atomic E-state index is 12.6. The highest BCUT2D eigenvalue weighted by Crippen LogP contribution is 2.65. The van der Waals surface area contributed by atoms with E-state index in [1.54, 1.807) is 18.2 Å². The number of amides is 1. The van der Waals surface area contributed by atoms with Crippen LogP contribution in [0.1, 0.15) is 50.4 Å². The van der Waals surface area contributed by atoms with E-state index < -0.39 is 0 Å². The fourth-order valence-corrected chi connectivity index (χ4v) is 4.94. The topological polar surface area (TPSA) is 29.1 Å². The van der Waals surface area contributed by atoms with Gasteiger partial charge >= 0.3 is 0 Å². The SMILES string of the molecule is CC1(C)[C@H]2CC[C@]1(C)[C@@H](NC(=O)c1c(Cl)cccc1Cl)C2. The smallest absolute Gasteiger partial charge is 0.254 e. The van der Waals surface area contributed by atoms with Crippen LogP contribution in [0.2, 0.25) is 10.0 Å². The first-order valence-corrected chi connectivity index (χ1v) is 8.28. The van der Waals surface area contributed by atoms with Gasteiger partial charge in [0.2, 0.25) is 0 Å². The van der Waals surface area contributed by atoms with Crippen molar-refractivity contribution in [2.24, 2.45) is 16.7 Å². The Bertz CT molecular complexity index is 578. The van der Waals surface area contributed by atoms with Gasteiger partial charge in [0.15, 0.2) is 0 Å². The maximum atomic E-state index is 12.6. The van der Waals surface area contributed by atoms with Gasteiger partial charge in [0.1, 0.15) is 0 Å². The summed E-state index contributed by atoms with van der Waals surface area (Å²) in [5.41, 5.74) is 0.820. The number of rotatable bonds is 2. The minimum atomic E-state index is -0.153. The van der Waals surface area contributed by atoms with Gasteiger partial charge in [0.05, 0.1) is 15.6 Å². The van der Waals surface area contributed by atoms with Gasteiger partial charge in [-0.2, -0.15) is 0 Å². The summed E-state index contributed by atoms with van der Waals surface area (Å²) in [4.78, 5) is 12.6. The summed E-state index contributed by atoms with van der Waals surface area (Å²) >= 11 is 12.3. The predicted molar refractivity (Wildman–Crippen MR) is 86.9 cm³/mol. The van der Waals surface area contributed by atoms with Crippen molar-refractivity contribution in [2.75, 3.05) is 0 Å². The molecule has 2 aliphatic rings. The standard InChI is InChI=1S/C17H21Cl2NO/c1-16(2)10-7-8-17(16,3)13(9-10)20-15(21)14-11(18)5-4-6-12(14)19/h4-6,10,13H,7-9H2,1-3H3,(H,20,21)/t10-,13-,17+/m0/s1. The molecule has 1 aromatic carbocycles. The van der Waals surface area contributed by atoms with Crippen molar-refractivity contribution in [3.63, 3.8) is 0 Å². The second-order valence-electron chi connectivity index (χ2n) is 7.23. The highest BCUT2D eigenvalue weighted by Gasteiger charge is 2.61. The van der Waals surface area contributed by atoms with Gasteiger partial charge in [-0.05, 0) is 48.1 Å². The molecule has 2 nitrogen and oxygen atoms in total. The molecule has 114 valence electrons. The van der Waals surface area contributed by atoms with Crippen LogP contribution in [0, 0.1) is 16.7 Å². The Morgan fingerprint density at radius 2 is 1.86 bits per heavy atom. The Hall–Kier alpha value is -0.730. The monoisotopic (exact) mass is 325 g/mol. The molecule has 0 radical (unpaired) electrons. The number of halogens is 2. The number of carbonyl (C=O) groups excluding carboxylic acids is 1. The zero-order chi connectivity index (χ0) is 15.4. The molecule has 0 aromatic heterocycles. The quantitative estimate of drug-likeness (QED) is 0.819. The van der Waals surface area contributed by atoms with Crippen molar-refractivity contribution in [3.05, 3.63) is 33.8 Å². The molecule has 1 N–H and O–H groups in total. The van der Waals surface area contributed by atoms with Crippen molar-refractivity contribution < 1.29 is 4.79 Å². The van der Waals surface area contributed by atoms with E-state index in [1.807, 2.05) is 0 Å². The van der Waals surface area contributed by atoms with E-state index >= 15 is 0 Å². The summed E-state index contributed by atoms with van der Waals surface area (Å²) in [5.74, 6) is 0.537. The highest BCUT2D eigenvalue weighted by molar-refractivity contribution is 6.39. The summed E-state index contributed by atoms with van der Waals surface area (Å²) in [5, 5.41) is 4.02. The first kappa shape index (κ1) is 15.2. The van der Waals surface area contributed by atoms with Crippen LogP contribution in [0.3, 0.4) is 0 Å². The number of hydrogen-bond acceptors (Lipinski definition) is 1. The minimum Gasteiger partial charge on any atom is -0.349 e. The third kappa shape index (κ3) is 2.10. The number of hydrogen-bond donors (Lipinski definition) is 1. The predicted octanol–water partition coefficient (Wildman–Crippen LogP) is 4.94. The molecule has 0 spiro atoms. The molecule has 2 bridgehead atoms. The lowest BCUT2D eigenvalue weighted by molar-refractivity contribution is 0.0826. The third-order valence-electron chi connectivity index (χ3n) is 6.29. The van der Waals surface area contributed by atoms with Crippen LogP contribution < -0.4 is 5.32 Å². The fraction of sp³-hybridized carbons (Fsp3) is 0.588. The molecule has 0 saturated heterocycles. The molecule has 21 heavy (non-hydrogen) atoms. The fourth-order valence-electron chi connectivity index (χ4n) is 4.37. The zero-order valence-electron chi connectivity index (χ0n) is 12.7. The lowest BCUT2D eigenvalue weighted by atomic mass is 9.69. The summed E-state index contributed by atoms with van der Waals surface area (Å²) in [6, 6.07) is 5.36. The van der Waals surface area contributed by atoms with Crippen LogP contribution in [0.25, 0.3) is 0 Å². The van der Waals surface area contributed by atoms with Crippen LogP contribution in [0.15, 0.2) is 18.2 Å². The van der Waals surface area contributed by atoms with Gasteiger partial charge < -0.3 is 5.32 Å². The van der Waals surface area contributed by atoms with Crippen molar-refractivity contribution >= 4 is 29.1 Å². The van der Waals surface area contributed by atoms with Crippen LogP contribution >= 0.6 is 23.2 Å². The van der Waals surface area contributed by atoms with E-state index in [0.717, 1.165) is 6.42 Å². The number of fused-ring (bicyclic) bond motifs is 2. The number of carbonyl (C=O) groups is 1. The molecule has 2 fully saturated rings. The average molecular weight is 326 g/mol. The van der Waals surface area contributed by atoms with E-state index in [9.17, 15) is 4.79 Å². The first-order chi connectivity index (χ1) is 9.77. The van der Waals surface area contributed by atoms with E-state index in [-0.39, 0.29) is 22.8 Å². The second kappa shape index (κ2) is 4.89. The largest absolute Gasteiger partial charge is 0.349 e. The molecule has 3 rings (SSSR count). The molecule has 0 aliphatic heterocycles. The third-order valence-corrected chi connectivity index (χ3v) is 6.92. The Labute approximate surface area is 136 Å². The van der Waals surface area contributed by atoms with Crippen molar-refractivity contribution in [1.29, 1.82) is 0 Å². The molecule has 2 aliphatic carbocycles. The minimum absolute atomic E-state index is 0.153. The number of benzene rings is 1. The molecule has 4 heteroatoms. The molecule has 2 saturated carbocycles. The number of nitrogens with one attached hydrogen (secondary N) is 1. The van der Waals surface area contributed by atoms with E-state index in [1.165, 1.54) is 12.8 Å². The highest BCUT2D eigenvalue weighted by atomic mass is 35.5. The molecular weight excluding hydrogens is 305 g/mol. The molecule has 0 unspecified atom stereocenters. The van der Waals surface area contributed by atoms with Crippen molar-refractivity contribution in [3.8, 4) is 0 Å². The Balaban J connectivity index is 1.84. The van der Waals surface area contributed by atoms with Crippen LogP contribution in [0.5, 0.6) is 0 Å². The van der Waals surface area contributed by atoms with Gasteiger partial charge in [-0.25, -0.2) is 0 Å². The Morgan fingerprint density at radius 3 is 2.33 bits per heavy atom. The van der Waals surface area contributed by atoms with Gasteiger partial charge in [-0.1, -0.05) is 50.0 Å². The lowest BCUT2D eigenvalue weighted by Crippen LogP contribution is -2.47. The van der Waals surface area contributed by atoms with Gasteiger partial charge in [-0.3, -0.25) is 4.79 Å². The van der Waals surface area contributed by atoms with Crippen molar-refractivity contribution in [1.82, 2.24) is 5.32 Å². The molecule has 1 amide bonds. The Morgan fingerprint density at radius 1 is 1.24 bits per heavy atom. The summed E-state index contributed by atoms with van der Waals surface area (Å²) in [6.07, 6.45) is 3.49. The lowest BCUT2D eigenvalue weighted by Gasteiger charge is -2.39. The average Bonchev–Trinajstić information content (AvgIpc) is 2.71. The van der Waals surface area contributed by atoms with Gasteiger partial charge in [-0.15, -0.1) is 0 Å². The van der Waals surface area contributed by atoms with E-state index in [2.05, 4.69) is 26.1 Å². The molecular formula is C17H21Cl2NO. The normalized spacial score (nSPS) is 33.2. The first-order valence-electron chi connectivity index (χ1n) is 7.52. The van der Waals surface area contributed by atoms with Crippen LogP contribution in [-0.2, 0) is 0 Å². The van der Waals surface area contributed by atoms with Gasteiger partial charge in [0.25, 0.3) is 5.91 Å². The van der Waals surface area contributed by atoms with Crippen LogP contribution in [0.4, 0.5) is 0 Å². The van der Waals surface area contributed by atoms with E-state index in [4.69, 9.17) is 23.2 Å². The van der Waals surface area contributed by atoms with Crippen molar-refractivity contribution in [2.45, 2.75) is 46.1 Å². The van der Waals surface area contributed by atoms with Crippen LogP contribution in [-0.4, -0.2) is 11.9 Å². The maximum Gasteiger partial charge on any atom is 0.254 e. The summed E-state index contributed by atoms with van der Waals surface area (Å²) in [7, 11) is 0.